The molecule has 0 radical (unpaired) electrons. The van der Waals surface area contributed by atoms with Gasteiger partial charge in [0, 0.05) is 66.5 Å². The molecular weight excluding hydrogens is 462 g/mol. The molecule has 180 valence electrons. The maximum atomic E-state index is 11.2. The molecule has 1 atom stereocenters. The number of nitrogens with one attached hydrogen (secondary N) is 1. The fourth-order valence-electron chi connectivity index (χ4n) is 4.18. The van der Waals surface area contributed by atoms with E-state index in [1.807, 2.05) is 48.7 Å². The molecule has 0 saturated carbocycles. The van der Waals surface area contributed by atoms with Crippen LogP contribution in [-0.4, -0.2) is 57.0 Å². The van der Waals surface area contributed by atoms with Crippen molar-refractivity contribution in [1.82, 2.24) is 14.9 Å². The first-order chi connectivity index (χ1) is 17.1. The van der Waals surface area contributed by atoms with Gasteiger partial charge in [-0.2, -0.15) is 0 Å². The minimum atomic E-state index is -2.32. The number of para-hydroxylation sites is 1. The Morgan fingerprint density at radius 3 is 2.63 bits per heavy atom. The molecule has 0 spiro atoms. The van der Waals surface area contributed by atoms with Crippen LogP contribution in [0.25, 0.3) is 22.0 Å². The Labute approximate surface area is 207 Å². The van der Waals surface area contributed by atoms with Gasteiger partial charge >= 0.3 is 0 Å². The third-order valence-electron chi connectivity index (χ3n) is 6.07. The first-order valence-electron chi connectivity index (χ1n) is 11.4. The number of hydrogen-bond donors (Lipinski definition) is 1. The molecule has 1 fully saturated rings. The summed E-state index contributed by atoms with van der Waals surface area (Å²) in [7, 11) is 1.51. The molecule has 1 unspecified atom stereocenters. The molecule has 3 aromatic carbocycles. The standard InChI is InChI=1S/C26H27N5O3S/c1-30(35(32)33)23-10-8-20(9-11-23)24-7-3-5-21-17-27-26(29-25(21)24)28-22-6-2-4-19(16-22)18-31-12-14-34-15-13-31/h2-11,16-17H,12-15,18H2,1H3,(H,32,33)(H,27,28,29)/p-1. The first-order valence-corrected chi connectivity index (χ1v) is 12.5. The zero-order chi connectivity index (χ0) is 24.2. The number of ether oxygens (including phenoxy) is 1. The molecule has 1 aromatic heterocycles. The topological polar surface area (TPSA) is 93.7 Å². The van der Waals surface area contributed by atoms with Crippen molar-refractivity contribution in [2.24, 2.45) is 0 Å². The zero-order valence-electron chi connectivity index (χ0n) is 19.4. The lowest BCUT2D eigenvalue weighted by atomic mass is 10.0. The Balaban J connectivity index is 1.39. The summed E-state index contributed by atoms with van der Waals surface area (Å²) in [6.07, 6.45) is 1.81. The van der Waals surface area contributed by atoms with Crippen molar-refractivity contribution in [3.63, 3.8) is 0 Å². The van der Waals surface area contributed by atoms with Crippen LogP contribution in [-0.2, 0) is 22.5 Å². The molecule has 0 amide bonds. The van der Waals surface area contributed by atoms with Crippen molar-refractivity contribution in [2.45, 2.75) is 6.54 Å². The van der Waals surface area contributed by atoms with Gasteiger partial charge in [-0.05, 0) is 35.4 Å². The first kappa shape index (κ1) is 23.4. The zero-order valence-corrected chi connectivity index (χ0v) is 20.2. The summed E-state index contributed by atoms with van der Waals surface area (Å²) < 4.78 is 29.1. The Kier molecular flexibility index (Phi) is 7.01. The van der Waals surface area contributed by atoms with Gasteiger partial charge in [-0.25, -0.2) is 9.97 Å². The van der Waals surface area contributed by atoms with Gasteiger partial charge < -0.3 is 18.9 Å². The van der Waals surface area contributed by atoms with Crippen molar-refractivity contribution in [1.29, 1.82) is 0 Å². The highest BCUT2D eigenvalue weighted by molar-refractivity contribution is 7.80. The van der Waals surface area contributed by atoms with Gasteiger partial charge in [-0.3, -0.25) is 9.11 Å². The van der Waals surface area contributed by atoms with Gasteiger partial charge in [0.15, 0.2) is 0 Å². The summed E-state index contributed by atoms with van der Waals surface area (Å²) in [6.45, 7) is 4.33. The molecule has 1 N–H and O–H groups in total. The molecule has 2 heterocycles. The number of aromatic nitrogens is 2. The van der Waals surface area contributed by atoms with Crippen LogP contribution in [0.3, 0.4) is 0 Å². The maximum Gasteiger partial charge on any atom is 0.227 e. The predicted octanol–water partition coefficient (Wildman–Crippen LogP) is 4.10. The Bertz CT molecular complexity index is 1340. The SMILES string of the molecule is CN(c1ccc(-c2cccc3cnc(Nc4cccc(CN5CCOCC5)c4)nc23)cc1)S(=O)[O-]. The molecule has 9 heteroatoms. The van der Waals surface area contributed by atoms with Crippen molar-refractivity contribution in [3.8, 4) is 11.1 Å². The van der Waals surface area contributed by atoms with Crippen LogP contribution in [0.4, 0.5) is 17.3 Å². The number of benzene rings is 3. The van der Waals surface area contributed by atoms with Crippen LogP contribution < -0.4 is 9.62 Å². The largest absolute Gasteiger partial charge is 0.755 e. The number of fused-ring (bicyclic) bond motifs is 1. The van der Waals surface area contributed by atoms with Gasteiger partial charge in [-0.1, -0.05) is 42.5 Å². The van der Waals surface area contributed by atoms with E-state index in [1.54, 1.807) is 12.1 Å². The highest BCUT2D eigenvalue weighted by atomic mass is 32.2. The number of rotatable bonds is 7. The summed E-state index contributed by atoms with van der Waals surface area (Å²) >= 11 is -2.32. The van der Waals surface area contributed by atoms with Gasteiger partial charge in [-0.15, -0.1) is 0 Å². The predicted molar refractivity (Wildman–Crippen MR) is 138 cm³/mol. The average molecular weight is 489 g/mol. The van der Waals surface area contributed by atoms with Gasteiger partial charge in [0.2, 0.25) is 5.95 Å². The second-order valence-electron chi connectivity index (χ2n) is 8.41. The van der Waals surface area contributed by atoms with Crippen molar-refractivity contribution < 1.29 is 13.5 Å². The fourth-order valence-corrected chi connectivity index (χ4v) is 4.47. The van der Waals surface area contributed by atoms with Crippen LogP contribution in [0.1, 0.15) is 5.56 Å². The Morgan fingerprint density at radius 2 is 1.86 bits per heavy atom. The Morgan fingerprint density at radius 1 is 1.09 bits per heavy atom. The van der Waals surface area contributed by atoms with E-state index >= 15 is 0 Å². The average Bonchev–Trinajstić information content (AvgIpc) is 2.89. The van der Waals surface area contributed by atoms with Crippen LogP contribution in [0, 0.1) is 0 Å². The maximum absolute atomic E-state index is 11.2. The minimum Gasteiger partial charge on any atom is -0.755 e. The molecule has 5 rings (SSSR count). The molecule has 0 bridgehead atoms. The number of hydrogen-bond acceptors (Lipinski definition) is 7. The summed E-state index contributed by atoms with van der Waals surface area (Å²) in [5.74, 6) is 0.520. The lowest BCUT2D eigenvalue weighted by Gasteiger charge is -2.26. The molecular formula is C26H26N5O3S-. The van der Waals surface area contributed by atoms with Crippen molar-refractivity contribution in [3.05, 3.63) is 78.5 Å². The lowest BCUT2D eigenvalue weighted by molar-refractivity contribution is 0.0342. The highest BCUT2D eigenvalue weighted by Gasteiger charge is 2.12. The van der Waals surface area contributed by atoms with Crippen LogP contribution in [0.15, 0.2) is 72.9 Å². The second kappa shape index (κ2) is 10.5. The Hall–Kier alpha value is -3.37. The summed E-state index contributed by atoms with van der Waals surface area (Å²) in [5.41, 5.74) is 5.47. The van der Waals surface area contributed by atoms with Crippen LogP contribution in [0.2, 0.25) is 0 Å². The van der Waals surface area contributed by atoms with E-state index in [9.17, 15) is 8.76 Å². The summed E-state index contributed by atoms with van der Waals surface area (Å²) in [5, 5.41) is 4.28. The van der Waals surface area contributed by atoms with Gasteiger partial charge in [0.25, 0.3) is 0 Å². The number of morpholine rings is 1. The quantitative estimate of drug-likeness (QED) is 0.392. The minimum absolute atomic E-state index is 0.520. The van der Waals surface area contributed by atoms with E-state index in [0.29, 0.717) is 11.6 Å². The van der Waals surface area contributed by atoms with Crippen molar-refractivity contribution >= 4 is 39.5 Å². The molecule has 4 aromatic rings. The van der Waals surface area contributed by atoms with Crippen LogP contribution in [0.5, 0.6) is 0 Å². The molecule has 8 nitrogen and oxygen atoms in total. The number of anilines is 3. The lowest BCUT2D eigenvalue weighted by Crippen LogP contribution is -2.35. The van der Waals surface area contributed by atoms with E-state index in [2.05, 4.69) is 27.3 Å². The third kappa shape index (κ3) is 5.49. The number of nitrogens with zero attached hydrogens (tertiary/aromatic N) is 4. The third-order valence-corrected chi connectivity index (χ3v) is 6.73. The van der Waals surface area contributed by atoms with Gasteiger partial charge in [0.1, 0.15) is 0 Å². The monoisotopic (exact) mass is 488 g/mol. The second-order valence-corrected chi connectivity index (χ2v) is 9.39. The highest BCUT2D eigenvalue weighted by Crippen LogP contribution is 2.30. The van der Waals surface area contributed by atoms with E-state index in [0.717, 1.165) is 60.6 Å². The molecule has 35 heavy (non-hydrogen) atoms. The molecule has 1 aliphatic rings. The molecule has 0 aliphatic carbocycles. The summed E-state index contributed by atoms with van der Waals surface area (Å²) in [6, 6.07) is 21.6. The van der Waals surface area contributed by atoms with E-state index in [4.69, 9.17) is 9.72 Å². The molecule has 1 aliphatic heterocycles. The van der Waals surface area contributed by atoms with Gasteiger partial charge in [0.05, 0.1) is 18.7 Å². The van der Waals surface area contributed by atoms with Crippen molar-refractivity contribution in [2.75, 3.05) is 43.0 Å². The molecule has 1 saturated heterocycles. The van der Waals surface area contributed by atoms with Crippen LogP contribution >= 0.6 is 0 Å². The smallest absolute Gasteiger partial charge is 0.227 e. The van der Waals surface area contributed by atoms with E-state index < -0.39 is 11.3 Å². The fraction of sp³-hybridized carbons (Fsp3) is 0.231. The van der Waals surface area contributed by atoms with E-state index in [-0.39, 0.29) is 0 Å². The van der Waals surface area contributed by atoms with E-state index in [1.165, 1.54) is 16.9 Å². The summed E-state index contributed by atoms with van der Waals surface area (Å²) in [4.78, 5) is 11.7. The normalized spacial score (nSPS) is 15.1.